The predicted molar refractivity (Wildman–Crippen MR) is 92.0 cm³/mol. The number of amides is 1. The molecule has 8 nitrogen and oxygen atoms in total. The van der Waals surface area contributed by atoms with Crippen molar-refractivity contribution in [2.45, 2.75) is 11.8 Å². The molecule has 1 aromatic carbocycles. The van der Waals surface area contributed by atoms with Gasteiger partial charge in [-0.2, -0.15) is 9.41 Å². The first-order chi connectivity index (χ1) is 11.8. The number of rotatable bonds is 7. The van der Waals surface area contributed by atoms with Crippen LogP contribution in [0.25, 0.3) is 0 Å². The summed E-state index contributed by atoms with van der Waals surface area (Å²) in [6.07, 6.45) is 2.79. The maximum atomic E-state index is 12.5. The molecular weight excluding hydrogens is 346 g/mol. The minimum absolute atomic E-state index is 0.0835. The fourth-order valence-corrected chi connectivity index (χ4v) is 3.26. The highest BCUT2D eigenvalue weighted by Gasteiger charge is 2.23. The first-order valence-electron chi connectivity index (χ1n) is 7.31. The molecule has 0 unspecified atom stereocenters. The number of hydrogen-bond acceptors (Lipinski definition) is 6. The van der Waals surface area contributed by atoms with Crippen LogP contribution in [0.1, 0.15) is 11.3 Å². The number of hydrazone groups is 1. The summed E-state index contributed by atoms with van der Waals surface area (Å²) >= 11 is 0. The van der Waals surface area contributed by atoms with Gasteiger partial charge in [0.25, 0.3) is 5.91 Å². The molecule has 2 aromatic rings. The van der Waals surface area contributed by atoms with Crippen molar-refractivity contribution in [1.82, 2.24) is 9.73 Å². The van der Waals surface area contributed by atoms with E-state index in [2.05, 4.69) is 10.5 Å². The number of likely N-dealkylation sites (N-methyl/N-ethyl adjacent to an activating group) is 1. The predicted octanol–water partition coefficient (Wildman–Crippen LogP) is 1.37. The summed E-state index contributed by atoms with van der Waals surface area (Å²) in [4.78, 5) is 11.9. The Morgan fingerprint density at radius 2 is 2.16 bits per heavy atom. The number of benzene rings is 1. The van der Waals surface area contributed by atoms with Gasteiger partial charge in [0.2, 0.25) is 10.0 Å². The molecule has 0 aliphatic heterocycles. The lowest BCUT2D eigenvalue weighted by Gasteiger charge is -2.17. The first kappa shape index (κ1) is 18.7. The summed E-state index contributed by atoms with van der Waals surface area (Å²) in [6.45, 7) is 1.37. The summed E-state index contributed by atoms with van der Waals surface area (Å²) in [5.41, 5.74) is 2.93. The third-order valence-electron chi connectivity index (χ3n) is 3.36. The smallest absolute Gasteiger partial charge is 0.255 e. The van der Waals surface area contributed by atoms with Gasteiger partial charge >= 0.3 is 0 Å². The number of hydrogen-bond donors (Lipinski definition) is 1. The number of nitrogens with one attached hydrogen (secondary N) is 1. The van der Waals surface area contributed by atoms with Crippen LogP contribution in [-0.4, -0.2) is 45.5 Å². The molecule has 134 valence electrons. The van der Waals surface area contributed by atoms with Crippen LogP contribution in [0.2, 0.25) is 0 Å². The van der Waals surface area contributed by atoms with Crippen molar-refractivity contribution in [1.29, 1.82) is 0 Å². The molecule has 25 heavy (non-hydrogen) atoms. The van der Waals surface area contributed by atoms with Crippen molar-refractivity contribution < 1.29 is 22.4 Å². The Balaban J connectivity index is 2.01. The number of carbonyl (C=O) groups is 1. The molecule has 1 heterocycles. The zero-order valence-electron chi connectivity index (χ0n) is 14.1. The SMILES string of the molecule is COc1ccc(S(=O)(=O)N(C)CC(=O)NN=Cc2ccco2)cc1C. The first-order valence-corrected chi connectivity index (χ1v) is 8.75. The summed E-state index contributed by atoms with van der Waals surface area (Å²) in [7, 11) is -0.969. The van der Waals surface area contributed by atoms with Gasteiger partial charge in [-0.3, -0.25) is 4.79 Å². The Labute approximate surface area is 146 Å². The number of nitrogens with zero attached hydrogens (tertiary/aromatic N) is 2. The van der Waals surface area contributed by atoms with E-state index in [1.807, 2.05) is 0 Å². The standard InChI is InChI=1S/C16H19N3O5S/c1-12-9-14(6-7-15(12)23-3)25(21,22)19(2)11-16(20)18-17-10-13-5-4-8-24-13/h4-10H,11H2,1-3H3,(H,18,20). The molecule has 1 N–H and O–H groups in total. The van der Waals surface area contributed by atoms with Gasteiger partial charge in [-0.1, -0.05) is 0 Å². The van der Waals surface area contributed by atoms with E-state index in [0.29, 0.717) is 17.1 Å². The maximum Gasteiger partial charge on any atom is 0.255 e. The average molecular weight is 365 g/mol. The van der Waals surface area contributed by atoms with Gasteiger partial charge in [-0.25, -0.2) is 13.8 Å². The zero-order chi connectivity index (χ0) is 18.4. The molecule has 0 saturated carbocycles. The van der Waals surface area contributed by atoms with Crippen LogP contribution >= 0.6 is 0 Å². The number of methoxy groups -OCH3 is 1. The van der Waals surface area contributed by atoms with E-state index in [1.165, 1.54) is 38.8 Å². The molecular formula is C16H19N3O5S. The van der Waals surface area contributed by atoms with E-state index >= 15 is 0 Å². The summed E-state index contributed by atoms with van der Waals surface area (Å²) in [5, 5.41) is 3.70. The molecule has 1 amide bonds. The molecule has 0 spiro atoms. The number of aryl methyl sites for hydroxylation is 1. The second-order valence-electron chi connectivity index (χ2n) is 5.20. The second-order valence-corrected chi connectivity index (χ2v) is 7.25. The molecule has 0 radical (unpaired) electrons. The topological polar surface area (TPSA) is 101 Å². The molecule has 0 fully saturated rings. The summed E-state index contributed by atoms with van der Waals surface area (Å²) in [5.74, 6) is 0.487. The van der Waals surface area contributed by atoms with E-state index in [4.69, 9.17) is 9.15 Å². The Kier molecular flexibility index (Phi) is 5.94. The minimum atomic E-state index is -3.80. The largest absolute Gasteiger partial charge is 0.496 e. The minimum Gasteiger partial charge on any atom is -0.496 e. The Morgan fingerprint density at radius 1 is 1.40 bits per heavy atom. The highest BCUT2D eigenvalue weighted by Crippen LogP contribution is 2.23. The number of ether oxygens (including phenoxy) is 1. The van der Waals surface area contributed by atoms with Crippen LogP contribution in [0.15, 0.2) is 51.0 Å². The van der Waals surface area contributed by atoms with Crippen LogP contribution in [0.3, 0.4) is 0 Å². The normalized spacial score (nSPS) is 11.8. The van der Waals surface area contributed by atoms with Crippen molar-refractivity contribution in [2.24, 2.45) is 5.10 Å². The lowest BCUT2D eigenvalue weighted by atomic mass is 10.2. The van der Waals surface area contributed by atoms with Gasteiger partial charge in [0.05, 0.1) is 31.0 Å². The molecule has 2 rings (SSSR count). The molecule has 0 atom stereocenters. The lowest BCUT2D eigenvalue weighted by molar-refractivity contribution is -0.121. The summed E-state index contributed by atoms with van der Waals surface area (Å²) < 4.78 is 36.2. The van der Waals surface area contributed by atoms with E-state index < -0.39 is 15.9 Å². The van der Waals surface area contributed by atoms with Gasteiger partial charge in [-0.15, -0.1) is 0 Å². The van der Waals surface area contributed by atoms with Crippen LogP contribution < -0.4 is 10.2 Å². The fourth-order valence-electron chi connectivity index (χ4n) is 2.05. The van der Waals surface area contributed by atoms with Crippen LogP contribution in [0, 0.1) is 6.92 Å². The van der Waals surface area contributed by atoms with E-state index in [-0.39, 0.29) is 11.4 Å². The second kappa shape index (κ2) is 7.95. The molecule has 9 heteroatoms. The van der Waals surface area contributed by atoms with Crippen molar-refractivity contribution in [3.05, 3.63) is 47.9 Å². The van der Waals surface area contributed by atoms with Crippen LogP contribution in [0.4, 0.5) is 0 Å². The van der Waals surface area contributed by atoms with Gasteiger partial charge in [0.15, 0.2) is 0 Å². The van der Waals surface area contributed by atoms with Gasteiger partial charge in [-0.05, 0) is 42.8 Å². The van der Waals surface area contributed by atoms with E-state index in [0.717, 1.165) is 4.31 Å². The molecule has 0 bridgehead atoms. The van der Waals surface area contributed by atoms with Crippen molar-refractivity contribution >= 4 is 22.1 Å². The van der Waals surface area contributed by atoms with Crippen molar-refractivity contribution in [3.63, 3.8) is 0 Å². The molecule has 1 aromatic heterocycles. The Hall–Kier alpha value is -2.65. The Morgan fingerprint density at radius 3 is 2.76 bits per heavy atom. The fraction of sp³-hybridized carbons (Fsp3) is 0.250. The summed E-state index contributed by atoms with van der Waals surface area (Å²) in [6, 6.07) is 7.85. The number of furan rings is 1. The zero-order valence-corrected chi connectivity index (χ0v) is 14.9. The number of carbonyl (C=O) groups excluding carboxylic acids is 1. The average Bonchev–Trinajstić information content (AvgIpc) is 3.08. The highest BCUT2D eigenvalue weighted by molar-refractivity contribution is 7.89. The molecule has 0 aliphatic rings. The quantitative estimate of drug-likeness (QED) is 0.590. The molecule has 0 saturated heterocycles. The van der Waals surface area contributed by atoms with Crippen molar-refractivity contribution in [3.8, 4) is 5.75 Å². The van der Waals surface area contributed by atoms with Gasteiger partial charge in [0, 0.05) is 7.05 Å². The highest BCUT2D eigenvalue weighted by atomic mass is 32.2. The Bertz CT molecular complexity index is 860. The monoisotopic (exact) mass is 365 g/mol. The van der Waals surface area contributed by atoms with Crippen molar-refractivity contribution in [2.75, 3.05) is 20.7 Å². The van der Waals surface area contributed by atoms with Gasteiger partial charge in [0.1, 0.15) is 11.5 Å². The third-order valence-corrected chi connectivity index (χ3v) is 5.16. The molecule has 0 aliphatic carbocycles. The van der Waals surface area contributed by atoms with Crippen LogP contribution in [0.5, 0.6) is 5.75 Å². The maximum absolute atomic E-state index is 12.5. The third kappa shape index (κ3) is 4.68. The van der Waals surface area contributed by atoms with Gasteiger partial charge < -0.3 is 9.15 Å². The lowest BCUT2D eigenvalue weighted by Crippen LogP contribution is -2.36. The van der Waals surface area contributed by atoms with E-state index in [1.54, 1.807) is 25.1 Å². The van der Waals surface area contributed by atoms with E-state index in [9.17, 15) is 13.2 Å². The number of sulfonamides is 1. The van der Waals surface area contributed by atoms with Crippen LogP contribution in [-0.2, 0) is 14.8 Å².